The van der Waals surface area contributed by atoms with Gasteiger partial charge in [-0.2, -0.15) is 0 Å². The minimum absolute atomic E-state index is 0.0520. The lowest BCUT2D eigenvalue weighted by atomic mass is 10.1. The molecule has 8 heteroatoms. The molecule has 1 fully saturated rings. The smallest absolute Gasteiger partial charge is 0.311 e. The Labute approximate surface area is 173 Å². The van der Waals surface area contributed by atoms with Gasteiger partial charge in [-0.1, -0.05) is 29.3 Å². The van der Waals surface area contributed by atoms with E-state index < -0.39 is 24.4 Å². The van der Waals surface area contributed by atoms with Gasteiger partial charge in [0.15, 0.2) is 6.61 Å². The number of anilines is 2. The summed E-state index contributed by atoms with van der Waals surface area (Å²) in [5.41, 5.74) is 2.20. The molecule has 29 heavy (non-hydrogen) atoms. The van der Waals surface area contributed by atoms with Crippen LogP contribution in [0.3, 0.4) is 0 Å². The lowest BCUT2D eigenvalue weighted by Gasteiger charge is -2.16. The fourth-order valence-corrected chi connectivity index (χ4v) is 3.23. The third-order valence-corrected chi connectivity index (χ3v) is 4.82. The predicted molar refractivity (Wildman–Crippen MR) is 109 cm³/mol. The number of nitrogens with zero attached hydrogens (tertiary/aromatic N) is 1. The first kappa shape index (κ1) is 20.7. The minimum Gasteiger partial charge on any atom is -0.495 e. The van der Waals surface area contributed by atoms with Gasteiger partial charge in [0.2, 0.25) is 5.91 Å². The van der Waals surface area contributed by atoms with Crippen LogP contribution < -0.4 is 15.0 Å². The second-order valence-corrected chi connectivity index (χ2v) is 7.18. The topological polar surface area (TPSA) is 84.9 Å². The summed E-state index contributed by atoms with van der Waals surface area (Å²) in [6.07, 6.45) is 0.0520. The molecule has 0 radical (unpaired) electrons. The summed E-state index contributed by atoms with van der Waals surface area (Å²) >= 11 is 5.93. The molecule has 0 bridgehead atoms. The van der Waals surface area contributed by atoms with Gasteiger partial charge in [-0.05, 0) is 37.3 Å². The van der Waals surface area contributed by atoms with Gasteiger partial charge in [0, 0.05) is 23.7 Å². The number of esters is 1. The molecule has 1 aliphatic heterocycles. The van der Waals surface area contributed by atoms with Gasteiger partial charge < -0.3 is 19.7 Å². The number of hydrogen-bond acceptors (Lipinski definition) is 5. The normalized spacial score (nSPS) is 15.9. The molecular formula is C21H21ClN2O5. The fourth-order valence-electron chi connectivity index (χ4n) is 3.06. The maximum absolute atomic E-state index is 12.3. The van der Waals surface area contributed by atoms with Gasteiger partial charge in [-0.15, -0.1) is 0 Å². The van der Waals surface area contributed by atoms with E-state index in [1.54, 1.807) is 17.0 Å². The average molecular weight is 417 g/mol. The standard InChI is InChI=1S/C21H21ClN2O5/c1-13-3-6-16(7-4-13)24-11-14(9-20(24)26)21(27)29-12-19(25)23-17-10-15(22)5-8-18(17)28-2/h3-8,10,14H,9,11-12H2,1-2H3,(H,23,25)/t14-/m1/s1. The highest BCUT2D eigenvalue weighted by Crippen LogP contribution is 2.28. The molecule has 1 N–H and O–H groups in total. The SMILES string of the molecule is COc1ccc(Cl)cc1NC(=O)COC(=O)[C@@H]1CC(=O)N(c2ccc(C)cc2)C1. The molecule has 2 aromatic carbocycles. The summed E-state index contributed by atoms with van der Waals surface area (Å²) in [7, 11) is 1.47. The Balaban J connectivity index is 1.54. The summed E-state index contributed by atoms with van der Waals surface area (Å²) < 4.78 is 10.3. The van der Waals surface area contributed by atoms with Crippen molar-refractivity contribution in [2.24, 2.45) is 5.92 Å². The first-order valence-corrected chi connectivity index (χ1v) is 9.42. The van der Waals surface area contributed by atoms with E-state index >= 15 is 0 Å². The number of halogens is 1. The molecule has 3 rings (SSSR count). The van der Waals surface area contributed by atoms with E-state index in [9.17, 15) is 14.4 Å². The molecule has 0 saturated carbocycles. The summed E-state index contributed by atoms with van der Waals surface area (Å²) in [5, 5.41) is 3.02. The Bertz CT molecular complexity index is 929. The lowest BCUT2D eigenvalue weighted by molar-refractivity contribution is -0.151. The van der Waals surface area contributed by atoms with Gasteiger partial charge in [0.25, 0.3) is 5.91 Å². The monoisotopic (exact) mass is 416 g/mol. The number of ether oxygens (including phenoxy) is 2. The lowest BCUT2D eigenvalue weighted by Crippen LogP contribution is -2.28. The average Bonchev–Trinajstić information content (AvgIpc) is 3.09. The molecule has 1 saturated heterocycles. The molecule has 0 unspecified atom stereocenters. The number of carbonyl (C=O) groups excluding carboxylic acids is 3. The van der Waals surface area contributed by atoms with Crippen LogP contribution in [0.4, 0.5) is 11.4 Å². The van der Waals surface area contributed by atoms with Crippen LogP contribution in [0, 0.1) is 12.8 Å². The Kier molecular flexibility index (Phi) is 6.39. The molecule has 1 aliphatic rings. The zero-order chi connectivity index (χ0) is 21.0. The summed E-state index contributed by atoms with van der Waals surface area (Å²) in [4.78, 5) is 38.3. The number of rotatable bonds is 6. The van der Waals surface area contributed by atoms with Crippen LogP contribution in [0.25, 0.3) is 0 Å². The number of benzene rings is 2. The van der Waals surface area contributed by atoms with Crippen molar-refractivity contribution in [1.29, 1.82) is 0 Å². The number of nitrogens with one attached hydrogen (secondary N) is 1. The maximum atomic E-state index is 12.3. The van der Waals surface area contributed by atoms with Crippen molar-refractivity contribution in [1.82, 2.24) is 0 Å². The second-order valence-electron chi connectivity index (χ2n) is 6.74. The van der Waals surface area contributed by atoms with E-state index in [0.29, 0.717) is 16.5 Å². The van der Waals surface area contributed by atoms with Gasteiger partial charge >= 0.3 is 5.97 Å². The molecule has 1 heterocycles. The second kappa shape index (κ2) is 8.96. The highest BCUT2D eigenvalue weighted by Gasteiger charge is 2.36. The van der Waals surface area contributed by atoms with E-state index in [1.807, 2.05) is 31.2 Å². The van der Waals surface area contributed by atoms with Crippen molar-refractivity contribution < 1.29 is 23.9 Å². The molecule has 0 aliphatic carbocycles. The Morgan fingerprint density at radius 2 is 1.93 bits per heavy atom. The van der Waals surface area contributed by atoms with E-state index in [0.717, 1.165) is 11.3 Å². The number of aryl methyl sites for hydroxylation is 1. The molecule has 152 valence electrons. The first-order chi connectivity index (χ1) is 13.9. The van der Waals surface area contributed by atoms with Crippen LogP contribution in [0.5, 0.6) is 5.75 Å². The molecule has 0 spiro atoms. The third kappa shape index (κ3) is 5.06. The molecule has 0 aromatic heterocycles. The highest BCUT2D eigenvalue weighted by molar-refractivity contribution is 6.31. The molecular weight excluding hydrogens is 396 g/mol. The van der Waals surface area contributed by atoms with E-state index in [4.69, 9.17) is 21.1 Å². The maximum Gasteiger partial charge on any atom is 0.311 e. The van der Waals surface area contributed by atoms with E-state index in [-0.39, 0.29) is 18.9 Å². The van der Waals surface area contributed by atoms with Crippen LogP contribution in [-0.4, -0.2) is 38.0 Å². The zero-order valence-electron chi connectivity index (χ0n) is 16.1. The van der Waals surface area contributed by atoms with E-state index in [1.165, 1.54) is 13.2 Å². The molecule has 2 amide bonds. The molecule has 2 aromatic rings. The number of amides is 2. The Morgan fingerprint density at radius 1 is 1.21 bits per heavy atom. The van der Waals surface area contributed by atoms with Gasteiger partial charge in [-0.25, -0.2) is 0 Å². The Hall–Kier alpha value is -3.06. The fraction of sp³-hybridized carbons (Fsp3) is 0.286. The summed E-state index contributed by atoms with van der Waals surface area (Å²) in [6.45, 7) is 1.72. The summed E-state index contributed by atoms with van der Waals surface area (Å²) in [5.74, 6) is -1.44. The van der Waals surface area contributed by atoms with Crippen molar-refractivity contribution >= 4 is 40.8 Å². The predicted octanol–water partition coefficient (Wildman–Crippen LogP) is 3.19. The van der Waals surface area contributed by atoms with Gasteiger partial charge in [0.05, 0.1) is 18.7 Å². The van der Waals surface area contributed by atoms with Crippen LogP contribution >= 0.6 is 11.6 Å². The molecule has 7 nitrogen and oxygen atoms in total. The molecule has 1 atom stereocenters. The van der Waals surface area contributed by atoms with E-state index in [2.05, 4.69) is 5.32 Å². The van der Waals surface area contributed by atoms with Crippen LogP contribution in [0.15, 0.2) is 42.5 Å². The van der Waals surface area contributed by atoms with Crippen molar-refractivity contribution in [3.05, 3.63) is 53.1 Å². The van der Waals surface area contributed by atoms with Crippen molar-refractivity contribution in [2.75, 3.05) is 30.5 Å². The van der Waals surface area contributed by atoms with Crippen molar-refractivity contribution in [2.45, 2.75) is 13.3 Å². The highest BCUT2D eigenvalue weighted by atomic mass is 35.5. The van der Waals surface area contributed by atoms with Crippen molar-refractivity contribution in [3.8, 4) is 5.75 Å². The minimum atomic E-state index is -0.614. The zero-order valence-corrected chi connectivity index (χ0v) is 16.9. The Morgan fingerprint density at radius 3 is 2.62 bits per heavy atom. The van der Waals surface area contributed by atoms with Crippen molar-refractivity contribution in [3.63, 3.8) is 0 Å². The largest absolute Gasteiger partial charge is 0.495 e. The summed E-state index contributed by atoms with van der Waals surface area (Å²) in [6, 6.07) is 12.3. The van der Waals surface area contributed by atoms with Crippen LogP contribution in [0.1, 0.15) is 12.0 Å². The van der Waals surface area contributed by atoms with Gasteiger partial charge in [0.1, 0.15) is 5.75 Å². The van der Waals surface area contributed by atoms with Crippen LogP contribution in [0.2, 0.25) is 5.02 Å². The van der Waals surface area contributed by atoms with Gasteiger partial charge in [-0.3, -0.25) is 14.4 Å². The number of carbonyl (C=O) groups is 3. The quantitative estimate of drug-likeness (QED) is 0.731. The number of methoxy groups -OCH3 is 1. The third-order valence-electron chi connectivity index (χ3n) is 4.59. The number of hydrogen-bond donors (Lipinski definition) is 1. The first-order valence-electron chi connectivity index (χ1n) is 9.04. The van der Waals surface area contributed by atoms with Crippen LogP contribution in [-0.2, 0) is 19.1 Å².